The zero-order valence-corrected chi connectivity index (χ0v) is 26.5. The Morgan fingerprint density at radius 2 is 1.51 bits per heavy atom. The quantitative estimate of drug-likeness (QED) is 0.399. The number of piperidine rings is 2. The zero-order valence-electron chi connectivity index (χ0n) is 26.5. The standard InChI is InChI=1S/C32H49N5O6/c1-21(2)26(35-31(42)43-32(3,4)5)30(41)37-17-11-15-24(20-37)29(40)36-16-10-14-23(19-36)27(38)34-25(28(39)33-6)18-22-12-8-7-9-13-22/h7-9,12-13,21,23-26H,10-11,14-20H2,1-6H3,(H,33,39)(H,34,38)(H,35,42)/t23-,24+,25-,26-/m0/s1. The van der Waals surface area contributed by atoms with E-state index in [0.717, 1.165) is 5.56 Å². The molecular weight excluding hydrogens is 550 g/mol. The van der Waals surface area contributed by atoms with Crippen molar-refractivity contribution in [1.82, 2.24) is 25.8 Å². The van der Waals surface area contributed by atoms with Crippen molar-refractivity contribution in [3.63, 3.8) is 0 Å². The van der Waals surface area contributed by atoms with Crippen LogP contribution in [-0.4, -0.2) is 90.4 Å². The molecule has 5 amide bonds. The van der Waals surface area contributed by atoms with E-state index in [2.05, 4.69) is 16.0 Å². The van der Waals surface area contributed by atoms with E-state index in [1.54, 1.807) is 37.6 Å². The number of alkyl carbamates (subject to hydrolysis) is 1. The third kappa shape index (κ3) is 9.96. The van der Waals surface area contributed by atoms with Crippen LogP contribution in [0.25, 0.3) is 0 Å². The highest BCUT2D eigenvalue weighted by Gasteiger charge is 2.38. The summed E-state index contributed by atoms with van der Waals surface area (Å²) in [6, 6.07) is 8.03. The van der Waals surface area contributed by atoms with Crippen molar-refractivity contribution in [3.05, 3.63) is 35.9 Å². The van der Waals surface area contributed by atoms with Crippen LogP contribution in [-0.2, 0) is 30.3 Å². The van der Waals surface area contributed by atoms with E-state index in [0.29, 0.717) is 45.2 Å². The van der Waals surface area contributed by atoms with Crippen molar-refractivity contribution in [3.8, 4) is 0 Å². The Bertz CT molecular complexity index is 1130. The van der Waals surface area contributed by atoms with Gasteiger partial charge in [-0.05, 0) is 57.9 Å². The van der Waals surface area contributed by atoms with Gasteiger partial charge in [0.05, 0.1) is 11.8 Å². The van der Waals surface area contributed by atoms with E-state index in [1.807, 2.05) is 44.2 Å². The summed E-state index contributed by atoms with van der Waals surface area (Å²) >= 11 is 0. The smallest absolute Gasteiger partial charge is 0.408 e. The van der Waals surface area contributed by atoms with Gasteiger partial charge in [-0.1, -0.05) is 44.2 Å². The summed E-state index contributed by atoms with van der Waals surface area (Å²) in [7, 11) is 1.54. The maximum atomic E-state index is 13.6. The molecule has 0 bridgehead atoms. The van der Waals surface area contributed by atoms with E-state index in [1.165, 1.54) is 0 Å². The largest absolute Gasteiger partial charge is 0.444 e. The van der Waals surface area contributed by atoms with Gasteiger partial charge in [0.1, 0.15) is 17.7 Å². The first-order valence-electron chi connectivity index (χ1n) is 15.4. The number of amides is 5. The predicted molar refractivity (Wildman–Crippen MR) is 163 cm³/mol. The molecule has 238 valence electrons. The molecule has 0 unspecified atom stereocenters. The lowest BCUT2D eigenvalue weighted by Crippen LogP contribution is -2.56. The van der Waals surface area contributed by atoms with Crippen LogP contribution in [0.4, 0.5) is 4.79 Å². The summed E-state index contributed by atoms with van der Waals surface area (Å²) in [5.41, 5.74) is 0.250. The van der Waals surface area contributed by atoms with Gasteiger partial charge >= 0.3 is 6.09 Å². The van der Waals surface area contributed by atoms with Gasteiger partial charge in [0.2, 0.25) is 23.6 Å². The Morgan fingerprint density at radius 1 is 0.907 bits per heavy atom. The second-order valence-electron chi connectivity index (χ2n) is 13.0. The number of nitrogens with one attached hydrogen (secondary N) is 3. The molecule has 2 fully saturated rings. The fourth-order valence-electron chi connectivity index (χ4n) is 5.70. The summed E-state index contributed by atoms with van der Waals surface area (Å²) in [5, 5.41) is 8.26. The minimum atomic E-state index is -0.768. The Hall–Kier alpha value is -3.63. The molecule has 0 radical (unpaired) electrons. The SMILES string of the molecule is CNC(=O)[C@H](Cc1ccccc1)NC(=O)[C@H]1CCCN(C(=O)[C@@H]2CCCN(C(=O)[C@@H](NC(=O)OC(C)(C)C)C(C)C)C2)C1. The fraction of sp³-hybridized carbons (Fsp3) is 0.656. The first kappa shape index (κ1) is 33.9. The maximum absolute atomic E-state index is 13.6. The van der Waals surface area contributed by atoms with Crippen LogP contribution in [0, 0.1) is 17.8 Å². The second-order valence-corrected chi connectivity index (χ2v) is 13.0. The number of hydrogen-bond donors (Lipinski definition) is 3. The molecule has 11 nitrogen and oxygen atoms in total. The number of benzene rings is 1. The molecule has 0 spiro atoms. The number of rotatable bonds is 9. The molecule has 0 aliphatic carbocycles. The minimum absolute atomic E-state index is 0.0664. The predicted octanol–water partition coefficient (Wildman–Crippen LogP) is 2.49. The van der Waals surface area contributed by atoms with Crippen LogP contribution in [0.5, 0.6) is 0 Å². The molecule has 11 heteroatoms. The molecule has 0 aromatic heterocycles. The summed E-state index contributed by atoms with van der Waals surface area (Å²) in [5.74, 6) is -1.78. The summed E-state index contributed by atoms with van der Waals surface area (Å²) in [6.07, 6.45) is 2.35. The van der Waals surface area contributed by atoms with Crippen LogP contribution in [0.15, 0.2) is 30.3 Å². The lowest BCUT2D eigenvalue weighted by Gasteiger charge is -2.39. The lowest BCUT2D eigenvalue weighted by atomic mass is 9.91. The maximum Gasteiger partial charge on any atom is 0.408 e. The summed E-state index contributed by atoms with van der Waals surface area (Å²) in [6.45, 7) is 10.6. The van der Waals surface area contributed by atoms with Gasteiger partial charge in [0.25, 0.3) is 0 Å². The molecule has 2 saturated heterocycles. The highest BCUT2D eigenvalue weighted by atomic mass is 16.6. The molecule has 43 heavy (non-hydrogen) atoms. The van der Waals surface area contributed by atoms with E-state index in [-0.39, 0.29) is 48.6 Å². The molecule has 3 rings (SSSR count). The first-order chi connectivity index (χ1) is 20.3. The summed E-state index contributed by atoms with van der Waals surface area (Å²) < 4.78 is 5.36. The first-order valence-corrected chi connectivity index (χ1v) is 15.4. The zero-order chi connectivity index (χ0) is 31.7. The number of ether oxygens (including phenoxy) is 1. The van der Waals surface area contributed by atoms with E-state index < -0.39 is 29.7 Å². The number of likely N-dealkylation sites (N-methyl/N-ethyl adjacent to an activating group) is 1. The third-order valence-electron chi connectivity index (χ3n) is 7.95. The van der Waals surface area contributed by atoms with Crippen molar-refractivity contribution in [1.29, 1.82) is 0 Å². The number of nitrogens with zero attached hydrogens (tertiary/aromatic N) is 2. The Morgan fingerprint density at radius 3 is 2.12 bits per heavy atom. The number of carbonyl (C=O) groups is 5. The van der Waals surface area contributed by atoms with Crippen LogP contribution < -0.4 is 16.0 Å². The molecule has 3 N–H and O–H groups in total. The molecule has 1 aromatic rings. The van der Waals surface area contributed by atoms with E-state index in [4.69, 9.17) is 4.74 Å². The highest BCUT2D eigenvalue weighted by Crippen LogP contribution is 2.25. The van der Waals surface area contributed by atoms with Gasteiger partial charge in [-0.15, -0.1) is 0 Å². The van der Waals surface area contributed by atoms with E-state index in [9.17, 15) is 24.0 Å². The molecule has 2 aliphatic rings. The van der Waals surface area contributed by atoms with Crippen LogP contribution in [0.1, 0.15) is 65.9 Å². The molecule has 1 aromatic carbocycles. The fourth-order valence-corrected chi connectivity index (χ4v) is 5.70. The van der Waals surface area contributed by atoms with Crippen LogP contribution in [0.2, 0.25) is 0 Å². The van der Waals surface area contributed by atoms with Crippen molar-refractivity contribution in [2.75, 3.05) is 33.2 Å². The van der Waals surface area contributed by atoms with Gasteiger partial charge in [-0.2, -0.15) is 0 Å². The topological polar surface area (TPSA) is 137 Å². The highest BCUT2D eigenvalue weighted by molar-refractivity contribution is 5.90. The normalized spacial score (nSPS) is 20.5. The number of hydrogen-bond acceptors (Lipinski definition) is 6. The van der Waals surface area contributed by atoms with E-state index >= 15 is 0 Å². The number of carbonyl (C=O) groups excluding carboxylic acids is 5. The van der Waals surface area contributed by atoms with Crippen LogP contribution >= 0.6 is 0 Å². The Labute approximate surface area is 255 Å². The van der Waals surface area contributed by atoms with Gasteiger partial charge in [0.15, 0.2) is 0 Å². The lowest BCUT2D eigenvalue weighted by molar-refractivity contribution is -0.144. The van der Waals surface area contributed by atoms with Gasteiger partial charge in [-0.25, -0.2) is 4.79 Å². The molecule has 2 heterocycles. The average Bonchev–Trinajstić information content (AvgIpc) is 2.98. The van der Waals surface area contributed by atoms with Crippen molar-refractivity contribution < 1.29 is 28.7 Å². The number of likely N-dealkylation sites (tertiary alicyclic amines) is 2. The minimum Gasteiger partial charge on any atom is -0.444 e. The monoisotopic (exact) mass is 599 g/mol. The van der Waals surface area contributed by atoms with Crippen LogP contribution in [0.3, 0.4) is 0 Å². The van der Waals surface area contributed by atoms with Crippen molar-refractivity contribution >= 4 is 29.7 Å². The van der Waals surface area contributed by atoms with Crippen molar-refractivity contribution in [2.24, 2.45) is 17.8 Å². The molecule has 2 aliphatic heterocycles. The Balaban J connectivity index is 1.61. The Kier molecular flexibility index (Phi) is 12.0. The molecule has 4 atom stereocenters. The third-order valence-corrected chi connectivity index (χ3v) is 7.95. The summed E-state index contributed by atoms with van der Waals surface area (Å²) in [4.78, 5) is 68.8. The van der Waals surface area contributed by atoms with Gasteiger partial charge in [0, 0.05) is 39.6 Å². The van der Waals surface area contributed by atoms with Gasteiger partial charge < -0.3 is 30.5 Å². The second kappa shape index (κ2) is 15.2. The molecular formula is C32H49N5O6. The average molecular weight is 600 g/mol. The molecule has 0 saturated carbocycles. The van der Waals surface area contributed by atoms with Crippen molar-refractivity contribution in [2.45, 2.75) is 84.4 Å². The van der Waals surface area contributed by atoms with Gasteiger partial charge in [-0.3, -0.25) is 19.2 Å².